The average Bonchev–Trinajstić information content (AvgIpc) is 2.99. The molecule has 206 valence electrons. The van der Waals surface area contributed by atoms with Crippen LogP contribution in [0.3, 0.4) is 0 Å². The van der Waals surface area contributed by atoms with Crippen LogP contribution in [0.15, 0.2) is 147 Å². The van der Waals surface area contributed by atoms with Crippen molar-refractivity contribution in [3.8, 4) is 0 Å². The van der Waals surface area contributed by atoms with Gasteiger partial charge in [-0.15, -0.1) is 13.2 Å². The Kier molecular flexibility index (Phi) is 20.3. The maximum absolute atomic E-state index is 3.60. The third-order valence-corrected chi connectivity index (χ3v) is 11.0. The molecule has 0 amide bonds. The Morgan fingerprint density at radius 3 is 0.846 bits per heavy atom. The van der Waals surface area contributed by atoms with Crippen molar-refractivity contribution in [1.29, 1.82) is 0 Å². The molecule has 0 aliphatic carbocycles. The van der Waals surface area contributed by atoms with Crippen LogP contribution in [0.25, 0.3) is 0 Å². The minimum atomic E-state index is -0.348. The van der Waals surface area contributed by atoms with Crippen LogP contribution in [-0.2, 0) is 20.4 Å². The van der Waals surface area contributed by atoms with Crippen LogP contribution in [0.2, 0.25) is 0 Å². The van der Waals surface area contributed by atoms with Crippen LogP contribution in [0.1, 0.15) is 25.7 Å². The van der Waals surface area contributed by atoms with Crippen molar-refractivity contribution in [2.75, 3.05) is 12.3 Å². The smallest absolute Gasteiger partial charge is 0.343 e. The minimum Gasteiger partial charge on any atom is -0.343 e. The molecular formula is C36H42P2Pd. The predicted octanol–water partition coefficient (Wildman–Crippen LogP) is 8.82. The SMILES string of the molecule is C=CCC[CH2-].C=CCC[CH2-].[Pd+2].c1ccc(P(CCP(c2ccccc2)c2ccccc2)c2ccccc2)cc1. The number of rotatable bonds is 11. The fourth-order valence-corrected chi connectivity index (χ4v) is 9.09. The van der Waals surface area contributed by atoms with Gasteiger partial charge in [0, 0.05) is 0 Å². The van der Waals surface area contributed by atoms with Crippen LogP contribution in [-0.4, -0.2) is 12.3 Å². The largest absolute Gasteiger partial charge is 2.00 e. The third-order valence-electron chi connectivity index (χ3n) is 5.64. The monoisotopic (exact) mass is 642 g/mol. The molecule has 0 saturated heterocycles. The molecule has 0 atom stereocenters. The van der Waals surface area contributed by atoms with Gasteiger partial charge in [0.25, 0.3) is 0 Å². The Labute approximate surface area is 254 Å². The van der Waals surface area contributed by atoms with Crippen LogP contribution in [0, 0.1) is 13.8 Å². The maximum atomic E-state index is 3.60. The van der Waals surface area contributed by atoms with Crippen LogP contribution >= 0.6 is 15.8 Å². The van der Waals surface area contributed by atoms with E-state index in [0.717, 1.165) is 25.7 Å². The molecule has 0 heterocycles. The van der Waals surface area contributed by atoms with Crippen LogP contribution in [0.4, 0.5) is 0 Å². The fourth-order valence-electron chi connectivity index (χ4n) is 3.73. The summed E-state index contributed by atoms with van der Waals surface area (Å²) in [6, 6.07) is 44.2. The van der Waals surface area contributed by atoms with Crippen molar-refractivity contribution in [3.63, 3.8) is 0 Å². The summed E-state index contributed by atoms with van der Waals surface area (Å²) in [6.07, 6.45) is 10.2. The average molecular weight is 643 g/mol. The first kappa shape index (κ1) is 34.9. The minimum absolute atomic E-state index is 0. The van der Waals surface area contributed by atoms with E-state index in [-0.39, 0.29) is 36.3 Å². The molecule has 0 spiro atoms. The van der Waals surface area contributed by atoms with E-state index in [1.807, 2.05) is 12.2 Å². The maximum Gasteiger partial charge on any atom is 2.00 e. The Balaban J connectivity index is 0.000000595. The van der Waals surface area contributed by atoms with Crippen molar-refractivity contribution in [2.45, 2.75) is 25.7 Å². The fraction of sp³-hybridized carbons (Fsp3) is 0.167. The quantitative estimate of drug-likeness (QED) is 0.0664. The molecular weight excluding hydrogens is 601 g/mol. The number of allylic oxidation sites excluding steroid dienone is 2. The topological polar surface area (TPSA) is 0 Å². The van der Waals surface area contributed by atoms with Crippen molar-refractivity contribution < 1.29 is 20.4 Å². The summed E-state index contributed by atoms with van der Waals surface area (Å²) in [4.78, 5) is 0. The van der Waals surface area contributed by atoms with Gasteiger partial charge in [-0.25, -0.2) is 0 Å². The van der Waals surface area contributed by atoms with Gasteiger partial charge in [0.15, 0.2) is 0 Å². The summed E-state index contributed by atoms with van der Waals surface area (Å²) in [6.45, 7) is 14.2. The Morgan fingerprint density at radius 2 is 0.692 bits per heavy atom. The molecule has 4 aromatic rings. The third kappa shape index (κ3) is 13.7. The zero-order valence-corrected chi connectivity index (χ0v) is 26.3. The molecule has 4 aromatic carbocycles. The number of hydrogen-bond acceptors (Lipinski definition) is 0. The first-order valence-electron chi connectivity index (χ1n) is 13.3. The summed E-state index contributed by atoms with van der Waals surface area (Å²) >= 11 is 0. The molecule has 3 heteroatoms. The Bertz CT molecular complexity index is 944. The molecule has 0 radical (unpaired) electrons. The summed E-state index contributed by atoms with van der Waals surface area (Å²) in [5.41, 5.74) is 0. The van der Waals surface area contributed by atoms with E-state index in [1.54, 1.807) is 0 Å². The van der Waals surface area contributed by atoms with Crippen LogP contribution < -0.4 is 21.2 Å². The van der Waals surface area contributed by atoms with E-state index in [0.29, 0.717) is 0 Å². The normalized spacial score (nSPS) is 9.85. The second kappa shape index (κ2) is 22.7. The van der Waals surface area contributed by atoms with E-state index < -0.39 is 0 Å². The van der Waals surface area contributed by atoms with E-state index in [9.17, 15) is 0 Å². The molecule has 0 bridgehead atoms. The first-order valence-corrected chi connectivity index (χ1v) is 16.4. The van der Waals surface area contributed by atoms with Gasteiger partial charge >= 0.3 is 20.4 Å². The van der Waals surface area contributed by atoms with Gasteiger partial charge in [-0.2, -0.15) is 12.8 Å². The standard InChI is InChI=1S/C26H24P2.2C5H9.Pd/c1-5-13-23(14-6-1)27(24-15-7-2-8-16-24)21-22-28(25-17-9-3-10-18-25)26-19-11-4-12-20-26;2*1-3-5-4-2;/h1-20H,21-22H2;2*3H,1-2,4-5H2;/q;2*-1;+2. The molecule has 0 aliphatic heterocycles. The molecule has 4 rings (SSSR count). The molecule has 0 unspecified atom stereocenters. The first-order chi connectivity index (χ1) is 18.7. The summed E-state index contributed by atoms with van der Waals surface area (Å²) < 4.78 is 0. The predicted molar refractivity (Wildman–Crippen MR) is 177 cm³/mol. The van der Waals surface area contributed by atoms with E-state index in [1.165, 1.54) is 33.5 Å². The molecule has 0 aliphatic rings. The zero-order valence-electron chi connectivity index (χ0n) is 23.0. The van der Waals surface area contributed by atoms with Gasteiger partial charge in [-0.3, -0.25) is 0 Å². The summed E-state index contributed by atoms with van der Waals surface area (Å²) in [5.74, 6) is 0. The molecule has 0 saturated carbocycles. The number of benzene rings is 4. The number of unbranched alkanes of at least 4 members (excludes halogenated alkanes) is 2. The van der Waals surface area contributed by atoms with Gasteiger partial charge in [-0.05, 0) is 49.4 Å². The Morgan fingerprint density at radius 1 is 0.462 bits per heavy atom. The molecule has 39 heavy (non-hydrogen) atoms. The van der Waals surface area contributed by atoms with Gasteiger partial charge in [0.1, 0.15) is 0 Å². The number of hydrogen-bond donors (Lipinski definition) is 0. The molecule has 0 aromatic heterocycles. The van der Waals surface area contributed by atoms with Crippen molar-refractivity contribution >= 4 is 37.1 Å². The second-order valence-corrected chi connectivity index (χ2v) is 13.2. The van der Waals surface area contributed by atoms with E-state index >= 15 is 0 Å². The van der Waals surface area contributed by atoms with Gasteiger partial charge in [0.2, 0.25) is 0 Å². The van der Waals surface area contributed by atoms with E-state index in [4.69, 9.17) is 0 Å². The zero-order chi connectivity index (χ0) is 27.3. The molecule has 0 N–H and O–H groups in total. The van der Waals surface area contributed by atoms with Crippen molar-refractivity contribution in [2.24, 2.45) is 0 Å². The second-order valence-electron chi connectivity index (χ2n) is 8.51. The molecule has 0 nitrogen and oxygen atoms in total. The Hall–Kier alpha value is -2.12. The van der Waals surface area contributed by atoms with Gasteiger partial charge in [0.05, 0.1) is 0 Å². The van der Waals surface area contributed by atoms with Gasteiger partial charge < -0.3 is 13.8 Å². The summed E-state index contributed by atoms with van der Waals surface area (Å²) in [7, 11) is -0.696. The van der Waals surface area contributed by atoms with Gasteiger partial charge in [-0.1, -0.05) is 146 Å². The van der Waals surface area contributed by atoms with Crippen LogP contribution in [0.5, 0.6) is 0 Å². The molecule has 0 fully saturated rings. The van der Waals surface area contributed by atoms with E-state index in [2.05, 4.69) is 148 Å². The summed E-state index contributed by atoms with van der Waals surface area (Å²) in [5, 5.41) is 5.89. The van der Waals surface area contributed by atoms with Crippen molar-refractivity contribution in [3.05, 3.63) is 160 Å². The van der Waals surface area contributed by atoms with Crippen molar-refractivity contribution in [1.82, 2.24) is 0 Å².